The van der Waals surface area contributed by atoms with Gasteiger partial charge in [-0.25, -0.2) is 4.79 Å². The van der Waals surface area contributed by atoms with E-state index in [1.807, 2.05) is 13.0 Å². The van der Waals surface area contributed by atoms with Gasteiger partial charge in [-0.1, -0.05) is 45.6 Å². The van der Waals surface area contributed by atoms with Crippen molar-refractivity contribution in [1.82, 2.24) is 0 Å². The molecule has 1 aliphatic heterocycles. The molecule has 0 saturated heterocycles. The third-order valence-electron chi connectivity index (χ3n) is 4.20. The number of hydrogen-bond acceptors (Lipinski definition) is 4. The Bertz CT molecular complexity index is 376. The van der Waals surface area contributed by atoms with E-state index in [0.717, 1.165) is 12.8 Å². The molecule has 0 radical (unpaired) electrons. The molecule has 5 heteroatoms. The van der Waals surface area contributed by atoms with Crippen molar-refractivity contribution in [2.75, 3.05) is 0 Å². The fourth-order valence-electron chi connectivity index (χ4n) is 2.31. The van der Waals surface area contributed by atoms with Crippen LogP contribution in [0.1, 0.15) is 78.6 Å². The summed E-state index contributed by atoms with van der Waals surface area (Å²) in [5, 5.41) is 17.2. The number of cyclic esters (lactones) is 1. The van der Waals surface area contributed by atoms with Crippen molar-refractivity contribution in [1.29, 1.82) is 0 Å². The minimum atomic E-state index is -0.799. The van der Waals surface area contributed by atoms with E-state index in [1.165, 1.54) is 38.2 Å². The first-order chi connectivity index (χ1) is 11.4. The van der Waals surface area contributed by atoms with Gasteiger partial charge in [0.25, 0.3) is 0 Å². The van der Waals surface area contributed by atoms with Crippen molar-refractivity contribution in [3.05, 3.63) is 12.2 Å². The van der Waals surface area contributed by atoms with E-state index in [2.05, 4.69) is 6.92 Å². The molecular weight excluding hydrogens is 308 g/mol. The molecule has 0 aromatic heterocycles. The standard InChI is InChI=1S/C12H20O2.C7H14O3/c1-2-3-4-5-6-8-11-9-7-10-12(13)14-11;1-5(6(2)8)3-4-7(9)10/h7,10-11H,2-6,8-9H2,1H3;5-6,8H,3-4H2,1-2H3,(H,9,10). The number of esters is 1. The lowest BCUT2D eigenvalue weighted by atomic mass is 10.0. The minimum Gasteiger partial charge on any atom is -0.481 e. The van der Waals surface area contributed by atoms with Crippen LogP contribution in [0.25, 0.3) is 0 Å². The Morgan fingerprint density at radius 2 is 1.96 bits per heavy atom. The summed E-state index contributed by atoms with van der Waals surface area (Å²) < 4.78 is 5.17. The third-order valence-corrected chi connectivity index (χ3v) is 4.20. The van der Waals surface area contributed by atoms with Crippen LogP contribution in [0.15, 0.2) is 12.2 Å². The maximum Gasteiger partial charge on any atom is 0.330 e. The summed E-state index contributed by atoms with van der Waals surface area (Å²) in [6, 6.07) is 0. The molecular formula is C19H34O5. The summed E-state index contributed by atoms with van der Waals surface area (Å²) in [5.41, 5.74) is 0. The quantitative estimate of drug-likeness (QED) is 0.461. The highest BCUT2D eigenvalue weighted by atomic mass is 16.5. The second kappa shape index (κ2) is 14.0. The first-order valence-corrected chi connectivity index (χ1v) is 9.13. The monoisotopic (exact) mass is 342 g/mol. The molecule has 1 heterocycles. The van der Waals surface area contributed by atoms with Crippen LogP contribution >= 0.6 is 0 Å². The van der Waals surface area contributed by atoms with E-state index in [0.29, 0.717) is 6.42 Å². The normalized spacial score (nSPS) is 19.0. The van der Waals surface area contributed by atoms with Crippen LogP contribution in [0.5, 0.6) is 0 Å². The predicted octanol–water partition coefficient (Wildman–Crippen LogP) is 4.09. The number of carboxylic acid groups (broad SMARTS) is 1. The first-order valence-electron chi connectivity index (χ1n) is 9.13. The van der Waals surface area contributed by atoms with Crippen LogP contribution in [-0.2, 0) is 14.3 Å². The van der Waals surface area contributed by atoms with Crippen molar-refractivity contribution in [3.8, 4) is 0 Å². The van der Waals surface area contributed by atoms with Gasteiger partial charge in [0.2, 0.25) is 0 Å². The predicted molar refractivity (Wildman–Crippen MR) is 94.7 cm³/mol. The number of aliphatic hydroxyl groups excluding tert-OH is 1. The van der Waals surface area contributed by atoms with E-state index < -0.39 is 12.1 Å². The molecule has 3 atom stereocenters. The van der Waals surface area contributed by atoms with E-state index in [9.17, 15) is 9.59 Å². The highest BCUT2D eigenvalue weighted by Gasteiger charge is 2.14. The molecule has 24 heavy (non-hydrogen) atoms. The van der Waals surface area contributed by atoms with Gasteiger partial charge in [-0.2, -0.15) is 0 Å². The van der Waals surface area contributed by atoms with Crippen LogP contribution in [-0.4, -0.2) is 34.4 Å². The maximum atomic E-state index is 10.9. The molecule has 0 fully saturated rings. The Morgan fingerprint density at radius 3 is 2.50 bits per heavy atom. The number of carbonyl (C=O) groups excluding carboxylic acids is 1. The van der Waals surface area contributed by atoms with Crippen molar-refractivity contribution in [3.63, 3.8) is 0 Å². The SMILES string of the molecule is CC(O)C(C)CCC(=O)O.CCCCCCCC1CC=CC(=O)O1. The zero-order valence-corrected chi connectivity index (χ0v) is 15.4. The maximum absolute atomic E-state index is 10.9. The number of carbonyl (C=O) groups is 2. The van der Waals surface area contributed by atoms with Crippen LogP contribution in [0.4, 0.5) is 0 Å². The highest BCUT2D eigenvalue weighted by Crippen LogP contribution is 2.15. The van der Waals surface area contributed by atoms with Gasteiger partial charge in [-0.15, -0.1) is 0 Å². The molecule has 0 aliphatic carbocycles. The molecule has 5 nitrogen and oxygen atoms in total. The number of rotatable bonds is 10. The summed E-state index contributed by atoms with van der Waals surface area (Å²) in [4.78, 5) is 20.9. The Balaban J connectivity index is 0.000000470. The van der Waals surface area contributed by atoms with Crippen molar-refractivity contribution >= 4 is 11.9 Å². The second-order valence-corrected chi connectivity index (χ2v) is 6.55. The molecule has 1 rings (SSSR count). The first kappa shape index (κ1) is 22.6. The van der Waals surface area contributed by atoms with E-state index in [1.54, 1.807) is 6.92 Å². The molecule has 0 amide bonds. The molecule has 0 saturated carbocycles. The zero-order chi connectivity index (χ0) is 18.4. The Morgan fingerprint density at radius 1 is 1.29 bits per heavy atom. The van der Waals surface area contributed by atoms with Gasteiger partial charge in [-0.3, -0.25) is 4.79 Å². The van der Waals surface area contributed by atoms with E-state index >= 15 is 0 Å². The molecule has 0 spiro atoms. The van der Waals surface area contributed by atoms with Gasteiger partial charge in [-0.05, 0) is 32.1 Å². The number of unbranched alkanes of at least 4 members (excludes halogenated alkanes) is 4. The third kappa shape index (κ3) is 13.1. The number of aliphatic carboxylic acids is 1. The topological polar surface area (TPSA) is 83.8 Å². The average molecular weight is 342 g/mol. The average Bonchev–Trinajstić information content (AvgIpc) is 2.53. The Labute approximate surface area is 146 Å². The van der Waals surface area contributed by atoms with Crippen molar-refractivity contribution in [2.45, 2.75) is 90.8 Å². The number of carboxylic acids is 1. The summed E-state index contributed by atoms with van der Waals surface area (Å²) in [7, 11) is 0. The molecule has 3 unspecified atom stereocenters. The molecule has 0 bridgehead atoms. The van der Waals surface area contributed by atoms with Gasteiger partial charge < -0.3 is 14.9 Å². The number of hydrogen-bond donors (Lipinski definition) is 2. The summed E-state index contributed by atoms with van der Waals surface area (Å²) >= 11 is 0. The van der Waals surface area contributed by atoms with E-state index in [4.69, 9.17) is 14.9 Å². The van der Waals surface area contributed by atoms with Gasteiger partial charge in [0.1, 0.15) is 6.10 Å². The molecule has 0 aromatic rings. The highest BCUT2D eigenvalue weighted by molar-refractivity contribution is 5.82. The lowest BCUT2D eigenvalue weighted by Crippen LogP contribution is -2.19. The smallest absolute Gasteiger partial charge is 0.330 e. The minimum absolute atomic E-state index is 0.0797. The summed E-state index contributed by atoms with van der Waals surface area (Å²) in [6.07, 6.45) is 12.2. The lowest BCUT2D eigenvalue weighted by Gasteiger charge is -2.18. The fourth-order valence-corrected chi connectivity index (χ4v) is 2.31. The number of aliphatic hydroxyl groups is 1. The van der Waals surface area contributed by atoms with Crippen molar-refractivity contribution in [2.24, 2.45) is 5.92 Å². The fraction of sp³-hybridized carbons (Fsp3) is 0.789. The lowest BCUT2D eigenvalue weighted by molar-refractivity contribution is -0.144. The molecule has 2 N–H and O–H groups in total. The van der Waals surface area contributed by atoms with Gasteiger partial charge in [0, 0.05) is 18.9 Å². The van der Waals surface area contributed by atoms with Crippen LogP contribution < -0.4 is 0 Å². The molecule has 1 aliphatic rings. The second-order valence-electron chi connectivity index (χ2n) is 6.55. The molecule has 140 valence electrons. The number of ether oxygens (including phenoxy) is 1. The van der Waals surface area contributed by atoms with Crippen LogP contribution in [0.2, 0.25) is 0 Å². The van der Waals surface area contributed by atoms with Crippen LogP contribution in [0.3, 0.4) is 0 Å². The Kier molecular flexibility index (Phi) is 13.2. The molecule has 0 aromatic carbocycles. The van der Waals surface area contributed by atoms with Crippen LogP contribution in [0, 0.1) is 5.92 Å². The summed E-state index contributed by atoms with van der Waals surface area (Å²) in [6.45, 7) is 5.73. The van der Waals surface area contributed by atoms with Gasteiger partial charge >= 0.3 is 11.9 Å². The van der Waals surface area contributed by atoms with Crippen molar-refractivity contribution < 1.29 is 24.5 Å². The Hall–Kier alpha value is -1.36. The largest absolute Gasteiger partial charge is 0.481 e. The van der Waals surface area contributed by atoms with E-state index in [-0.39, 0.29) is 24.4 Å². The summed E-state index contributed by atoms with van der Waals surface area (Å²) in [5.74, 6) is -0.890. The van der Waals surface area contributed by atoms with Gasteiger partial charge in [0.15, 0.2) is 0 Å². The van der Waals surface area contributed by atoms with Gasteiger partial charge in [0.05, 0.1) is 6.10 Å². The zero-order valence-electron chi connectivity index (χ0n) is 15.4.